The van der Waals surface area contributed by atoms with Gasteiger partial charge in [-0.1, -0.05) is 6.08 Å². The van der Waals surface area contributed by atoms with Gasteiger partial charge in [0.05, 0.1) is 13.2 Å². The number of carbonyl (C=O) groups is 1. The van der Waals surface area contributed by atoms with Crippen molar-refractivity contribution in [2.45, 2.75) is 0 Å². The van der Waals surface area contributed by atoms with Gasteiger partial charge in [0.25, 0.3) is 0 Å². The Morgan fingerprint density at radius 2 is 1.89 bits per heavy atom. The molecular formula is C14H23N3O2. The Morgan fingerprint density at radius 3 is 2.53 bits per heavy atom. The van der Waals surface area contributed by atoms with Crippen LogP contribution in [0.3, 0.4) is 0 Å². The van der Waals surface area contributed by atoms with Crippen LogP contribution in [0.1, 0.15) is 0 Å². The van der Waals surface area contributed by atoms with Crippen molar-refractivity contribution in [2.24, 2.45) is 5.41 Å². The zero-order chi connectivity index (χ0) is 13.3. The zero-order valence-electron chi connectivity index (χ0n) is 11.7. The molecule has 0 saturated carbocycles. The van der Waals surface area contributed by atoms with Crippen LogP contribution < -0.4 is 0 Å². The maximum absolute atomic E-state index is 12.0. The number of hydrogen-bond donors (Lipinski definition) is 0. The molecule has 3 aliphatic rings. The molecule has 0 atom stereocenters. The molecule has 0 aromatic rings. The van der Waals surface area contributed by atoms with E-state index in [1.54, 1.807) is 6.08 Å². The molecule has 0 N–H and O–H groups in total. The first kappa shape index (κ1) is 13.1. The zero-order valence-corrected chi connectivity index (χ0v) is 11.7. The van der Waals surface area contributed by atoms with Crippen molar-refractivity contribution in [3.8, 4) is 0 Å². The van der Waals surface area contributed by atoms with Gasteiger partial charge >= 0.3 is 0 Å². The second kappa shape index (κ2) is 5.23. The number of likely N-dealkylation sites (tertiary alicyclic amines) is 2. The van der Waals surface area contributed by atoms with Gasteiger partial charge in [-0.3, -0.25) is 9.69 Å². The number of amides is 1. The molecule has 0 aromatic heterocycles. The predicted molar refractivity (Wildman–Crippen MR) is 72.9 cm³/mol. The molecule has 0 aromatic carbocycles. The maximum Gasteiger partial charge on any atom is 0.246 e. The molecule has 0 aliphatic carbocycles. The van der Waals surface area contributed by atoms with Crippen molar-refractivity contribution in [1.82, 2.24) is 14.7 Å². The van der Waals surface area contributed by atoms with Crippen LogP contribution in [0, 0.1) is 5.41 Å². The number of rotatable bonds is 3. The average molecular weight is 265 g/mol. The quantitative estimate of drug-likeness (QED) is 0.654. The molecule has 106 valence electrons. The summed E-state index contributed by atoms with van der Waals surface area (Å²) in [7, 11) is 2.14. The van der Waals surface area contributed by atoms with Crippen LogP contribution in [0.25, 0.3) is 0 Å². The summed E-state index contributed by atoms with van der Waals surface area (Å²) in [6.07, 6.45) is 3.73. The van der Waals surface area contributed by atoms with Crippen LogP contribution in [-0.2, 0) is 9.53 Å². The van der Waals surface area contributed by atoms with Crippen LogP contribution in [0.4, 0.5) is 0 Å². The largest absolute Gasteiger partial charge is 0.379 e. The second-order valence-electron chi connectivity index (χ2n) is 6.18. The van der Waals surface area contributed by atoms with E-state index in [4.69, 9.17) is 4.74 Å². The molecule has 5 heteroatoms. The van der Waals surface area contributed by atoms with E-state index in [2.05, 4.69) is 16.8 Å². The Morgan fingerprint density at radius 1 is 1.21 bits per heavy atom. The molecule has 3 saturated heterocycles. The van der Waals surface area contributed by atoms with Crippen molar-refractivity contribution < 1.29 is 9.53 Å². The van der Waals surface area contributed by atoms with E-state index >= 15 is 0 Å². The normalized spacial score (nSPS) is 27.5. The fourth-order valence-electron chi connectivity index (χ4n) is 3.41. The maximum atomic E-state index is 12.0. The van der Waals surface area contributed by atoms with Gasteiger partial charge in [0.2, 0.25) is 5.91 Å². The molecule has 3 fully saturated rings. The average Bonchev–Trinajstić information content (AvgIpc) is 2.33. The first-order valence-corrected chi connectivity index (χ1v) is 7.11. The van der Waals surface area contributed by atoms with Crippen molar-refractivity contribution in [1.29, 1.82) is 0 Å². The van der Waals surface area contributed by atoms with Gasteiger partial charge in [0.1, 0.15) is 0 Å². The summed E-state index contributed by atoms with van der Waals surface area (Å²) in [6.45, 7) is 8.60. The van der Waals surface area contributed by atoms with Crippen molar-refractivity contribution >= 4 is 5.91 Å². The lowest BCUT2D eigenvalue weighted by molar-refractivity contribution is -0.151. The monoisotopic (exact) mass is 265 g/mol. The summed E-state index contributed by atoms with van der Waals surface area (Å²) in [5, 5.41) is 0. The minimum Gasteiger partial charge on any atom is -0.379 e. The smallest absolute Gasteiger partial charge is 0.246 e. The third-order valence-electron chi connectivity index (χ3n) is 4.30. The molecule has 1 amide bonds. The van der Waals surface area contributed by atoms with E-state index in [1.165, 1.54) is 0 Å². The van der Waals surface area contributed by atoms with Gasteiger partial charge in [-0.25, -0.2) is 0 Å². The molecule has 1 spiro atoms. The summed E-state index contributed by atoms with van der Waals surface area (Å²) in [4.78, 5) is 18.5. The summed E-state index contributed by atoms with van der Waals surface area (Å²) < 4.78 is 5.30. The molecule has 5 nitrogen and oxygen atoms in total. The van der Waals surface area contributed by atoms with Crippen LogP contribution in [-0.4, -0.2) is 86.7 Å². The van der Waals surface area contributed by atoms with E-state index in [9.17, 15) is 4.79 Å². The minimum atomic E-state index is 0.174. The van der Waals surface area contributed by atoms with Gasteiger partial charge in [-0.15, -0.1) is 0 Å². The fraction of sp³-hybridized carbons (Fsp3) is 0.786. The van der Waals surface area contributed by atoms with Crippen molar-refractivity contribution in [3.05, 3.63) is 12.2 Å². The highest BCUT2D eigenvalue weighted by atomic mass is 16.5. The third kappa shape index (κ3) is 2.83. The highest BCUT2D eigenvalue weighted by Gasteiger charge is 2.51. The predicted octanol–water partition coefficient (Wildman–Crippen LogP) is -0.351. The number of carbonyl (C=O) groups excluding carboxylic acids is 1. The molecule has 3 heterocycles. The van der Waals surface area contributed by atoms with Crippen LogP contribution in [0.2, 0.25) is 0 Å². The van der Waals surface area contributed by atoms with Gasteiger partial charge < -0.3 is 14.5 Å². The van der Waals surface area contributed by atoms with Crippen LogP contribution in [0.15, 0.2) is 12.2 Å². The number of hydrogen-bond acceptors (Lipinski definition) is 4. The number of ether oxygens (including phenoxy) is 1. The standard InChI is InChI=1S/C14H23N3O2/c1-15-9-14(10-15)11-17(12-14)13(18)3-2-4-16-5-7-19-8-6-16/h2-3H,4-12H2,1H3/b3-2+. The van der Waals surface area contributed by atoms with E-state index in [1.807, 2.05) is 11.0 Å². The van der Waals surface area contributed by atoms with Gasteiger partial charge in [0, 0.05) is 57.3 Å². The molecule has 0 unspecified atom stereocenters. The van der Waals surface area contributed by atoms with Crippen molar-refractivity contribution in [3.63, 3.8) is 0 Å². The van der Waals surface area contributed by atoms with E-state index in [0.29, 0.717) is 5.41 Å². The van der Waals surface area contributed by atoms with Gasteiger partial charge in [-0.05, 0) is 7.05 Å². The molecule has 19 heavy (non-hydrogen) atoms. The van der Waals surface area contributed by atoms with E-state index in [-0.39, 0.29) is 5.91 Å². The summed E-state index contributed by atoms with van der Waals surface area (Å²) in [6, 6.07) is 0. The number of morpholine rings is 1. The Balaban J connectivity index is 1.37. The fourth-order valence-corrected chi connectivity index (χ4v) is 3.41. The Bertz CT molecular complexity index is 363. The molecule has 3 rings (SSSR count). The SMILES string of the molecule is CN1CC2(C1)CN(C(=O)/C=C/CN1CCOCC1)C2. The van der Waals surface area contributed by atoms with Crippen LogP contribution in [0.5, 0.6) is 0 Å². The lowest BCUT2D eigenvalue weighted by Crippen LogP contribution is -2.71. The Labute approximate surface area is 114 Å². The summed E-state index contributed by atoms with van der Waals surface area (Å²) in [5.74, 6) is 0.174. The van der Waals surface area contributed by atoms with E-state index < -0.39 is 0 Å². The lowest BCUT2D eigenvalue weighted by Gasteiger charge is -2.59. The topological polar surface area (TPSA) is 36.0 Å². The first-order valence-electron chi connectivity index (χ1n) is 7.11. The molecule has 0 bridgehead atoms. The summed E-state index contributed by atoms with van der Waals surface area (Å²) >= 11 is 0. The summed E-state index contributed by atoms with van der Waals surface area (Å²) in [5.41, 5.74) is 0.433. The Kier molecular flexibility index (Phi) is 3.60. The Hall–Kier alpha value is -0.910. The molecule has 3 aliphatic heterocycles. The third-order valence-corrected chi connectivity index (χ3v) is 4.30. The molecular weight excluding hydrogens is 242 g/mol. The lowest BCUT2D eigenvalue weighted by atomic mass is 9.73. The minimum absolute atomic E-state index is 0.174. The van der Waals surface area contributed by atoms with Gasteiger partial charge in [0.15, 0.2) is 0 Å². The second-order valence-corrected chi connectivity index (χ2v) is 6.18. The highest BCUT2D eigenvalue weighted by Crippen LogP contribution is 2.38. The highest BCUT2D eigenvalue weighted by molar-refractivity contribution is 5.88. The molecule has 0 radical (unpaired) electrons. The van der Waals surface area contributed by atoms with Gasteiger partial charge in [-0.2, -0.15) is 0 Å². The van der Waals surface area contributed by atoms with Crippen molar-refractivity contribution in [2.75, 3.05) is 66.1 Å². The van der Waals surface area contributed by atoms with E-state index in [0.717, 1.165) is 59.0 Å². The van der Waals surface area contributed by atoms with Crippen LogP contribution >= 0.6 is 0 Å². The number of nitrogens with zero attached hydrogens (tertiary/aromatic N) is 3. The first-order chi connectivity index (χ1) is 9.17.